The molecule has 2 aromatic heterocycles. The molecule has 2 amide bonds. The molecule has 1 aliphatic rings. The quantitative estimate of drug-likeness (QED) is 0.421. The molecule has 8 heteroatoms. The van der Waals surface area contributed by atoms with E-state index < -0.39 is 6.04 Å². The number of hydrogen-bond donors (Lipinski definition) is 1. The standard InChI is InChI=1S/C27H25N5O3/c33-26(29-14-17-35-22-11-5-2-6-12-22)23-19-31-15-16-32(27(34)21-10-7-13-28-18-21)24(25(31)30-23)20-8-3-1-4-9-20/h1-13,18-19,24H,14-17H2,(H,29,33). The minimum Gasteiger partial charge on any atom is -0.492 e. The lowest BCUT2D eigenvalue weighted by Crippen LogP contribution is -2.42. The maximum absolute atomic E-state index is 13.4. The number of amides is 2. The second-order valence-electron chi connectivity index (χ2n) is 8.15. The third kappa shape index (κ3) is 4.91. The Labute approximate surface area is 203 Å². The van der Waals surface area contributed by atoms with Gasteiger partial charge >= 0.3 is 0 Å². The normalized spacial score (nSPS) is 14.7. The van der Waals surface area contributed by atoms with Gasteiger partial charge in [0.05, 0.1) is 12.1 Å². The highest BCUT2D eigenvalue weighted by molar-refractivity contribution is 5.95. The average molecular weight is 468 g/mol. The third-order valence-electron chi connectivity index (χ3n) is 5.86. The molecule has 1 unspecified atom stereocenters. The molecule has 1 aliphatic heterocycles. The van der Waals surface area contributed by atoms with Crippen molar-refractivity contribution in [3.63, 3.8) is 0 Å². The zero-order valence-corrected chi connectivity index (χ0v) is 19.1. The lowest BCUT2D eigenvalue weighted by molar-refractivity contribution is 0.0658. The Morgan fingerprint density at radius 2 is 1.74 bits per heavy atom. The van der Waals surface area contributed by atoms with Gasteiger partial charge in [-0.3, -0.25) is 14.6 Å². The molecule has 3 heterocycles. The highest BCUT2D eigenvalue weighted by atomic mass is 16.5. The van der Waals surface area contributed by atoms with Crippen LogP contribution in [0.25, 0.3) is 0 Å². The van der Waals surface area contributed by atoms with E-state index in [1.165, 1.54) is 0 Å². The highest BCUT2D eigenvalue weighted by Gasteiger charge is 2.35. The summed E-state index contributed by atoms with van der Waals surface area (Å²) >= 11 is 0. The van der Waals surface area contributed by atoms with E-state index in [2.05, 4.69) is 15.3 Å². The van der Waals surface area contributed by atoms with Gasteiger partial charge in [0.2, 0.25) is 0 Å². The summed E-state index contributed by atoms with van der Waals surface area (Å²) in [5.41, 5.74) is 1.76. The number of rotatable bonds is 7. The first-order valence-corrected chi connectivity index (χ1v) is 11.5. The molecule has 0 saturated heterocycles. The van der Waals surface area contributed by atoms with E-state index in [0.29, 0.717) is 43.3 Å². The van der Waals surface area contributed by atoms with Crippen molar-refractivity contribution >= 4 is 11.8 Å². The number of benzene rings is 2. The van der Waals surface area contributed by atoms with Crippen molar-refractivity contribution in [1.29, 1.82) is 0 Å². The minimum absolute atomic E-state index is 0.120. The first-order chi connectivity index (χ1) is 17.2. The minimum atomic E-state index is -0.416. The number of nitrogens with one attached hydrogen (secondary N) is 1. The van der Waals surface area contributed by atoms with Crippen molar-refractivity contribution in [2.24, 2.45) is 0 Å². The average Bonchev–Trinajstić information content (AvgIpc) is 3.36. The van der Waals surface area contributed by atoms with E-state index in [9.17, 15) is 9.59 Å². The van der Waals surface area contributed by atoms with Gasteiger partial charge in [-0.2, -0.15) is 0 Å². The van der Waals surface area contributed by atoms with Gasteiger partial charge in [-0.25, -0.2) is 4.98 Å². The van der Waals surface area contributed by atoms with Crippen LogP contribution in [0.4, 0.5) is 0 Å². The summed E-state index contributed by atoms with van der Waals surface area (Å²) in [6.45, 7) is 1.73. The Morgan fingerprint density at radius 3 is 2.49 bits per heavy atom. The van der Waals surface area contributed by atoms with E-state index in [1.807, 2.05) is 65.2 Å². The molecular weight excluding hydrogens is 442 g/mol. The molecule has 35 heavy (non-hydrogen) atoms. The van der Waals surface area contributed by atoms with Crippen molar-refractivity contribution < 1.29 is 14.3 Å². The molecule has 0 fully saturated rings. The summed E-state index contributed by atoms with van der Waals surface area (Å²) in [6.07, 6.45) is 4.97. The highest BCUT2D eigenvalue weighted by Crippen LogP contribution is 2.32. The predicted octanol–water partition coefficient (Wildman–Crippen LogP) is 3.33. The number of para-hydroxylation sites is 1. The number of ether oxygens (including phenoxy) is 1. The molecular formula is C27H25N5O3. The number of imidazole rings is 1. The lowest BCUT2D eigenvalue weighted by atomic mass is 10.0. The fourth-order valence-electron chi connectivity index (χ4n) is 4.20. The molecule has 176 valence electrons. The molecule has 8 nitrogen and oxygen atoms in total. The van der Waals surface area contributed by atoms with Crippen LogP contribution in [0.5, 0.6) is 5.75 Å². The maximum atomic E-state index is 13.4. The van der Waals surface area contributed by atoms with Gasteiger partial charge in [0, 0.05) is 31.7 Å². The molecule has 2 aromatic carbocycles. The number of pyridine rings is 1. The largest absolute Gasteiger partial charge is 0.492 e. The van der Waals surface area contributed by atoms with E-state index in [4.69, 9.17) is 4.74 Å². The fourth-order valence-corrected chi connectivity index (χ4v) is 4.20. The van der Waals surface area contributed by atoms with Gasteiger partial charge in [0.1, 0.15) is 29.9 Å². The number of hydrogen-bond acceptors (Lipinski definition) is 5. The molecule has 1 N–H and O–H groups in total. The summed E-state index contributed by atoms with van der Waals surface area (Å²) in [5, 5.41) is 2.86. The van der Waals surface area contributed by atoms with Gasteiger partial charge < -0.3 is 19.5 Å². The predicted molar refractivity (Wildman–Crippen MR) is 130 cm³/mol. The second kappa shape index (κ2) is 10.2. The van der Waals surface area contributed by atoms with E-state index in [-0.39, 0.29) is 11.8 Å². The Kier molecular flexibility index (Phi) is 6.52. The zero-order valence-electron chi connectivity index (χ0n) is 19.1. The van der Waals surface area contributed by atoms with E-state index >= 15 is 0 Å². The molecule has 1 atom stereocenters. The van der Waals surface area contributed by atoms with Gasteiger partial charge in [0.25, 0.3) is 11.8 Å². The topological polar surface area (TPSA) is 89.4 Å². The second-order valence-corrected chi connectivity index (χ2v) is 8.15. The first-order valence-electron chi connectivity index (χ1n) is 11.5. The van der Waals surface area contributed by atoms with Crippen molar-refractivity contribution in [1.82, 2.24) is 24.8 Å². The van der Waals surface area contributed by atoms with E-state index in [0.717, 1.165) is 11.3 Å². The molecule has 5 rings (SSSR count). The lowest BCUT2D eigenvalue weighted by Gasteiger charge is -2.36. The van der Waals surface area contributed by atoms with Crippen LogP contribution in [0, 0.1) is 0 Å². The summed E-state index contributed by atoms with van der Waals surface area (Å²) < 4.78 is 7.60. The van der Waals surface area contributed by atoms with Crippen molar-refractivity contribution in [2.75, 3.05) is 19.7 Å². The number of fused-ring (bicyclic) bond motifs is 1. The maximum Gasteiger partial charge on any atom is 0.271 e. The Hall–Kier alpha value is -4.46. The van der Waals surface area contributed by atoms with Crippen molar-refractivity contribution in [3.8, 4) is 5.75 Å². The van der Waals surface area contributed by atoms with Crippen LogP contribution in [0.15, 0.2) is 91.4 Å². The monoisotopic (exact) mass is 467 g/mol. The van der Waals surface area contributed by atoms with Crippen LogP contribution in [0.1, 0.15) is 38.3 Å². The Balaban J connectivity index is 1.35. The van der Waals surface area contributed by atoms with Crippen LogP contribution in [0.3, 0.4) is 0 Å². The third-order valence-corrected chi connectivity index (χ3v) is 5.86. The molecule has 0 radical (unpaired) electrons. The number of carbonyl (C=O) groups is 2. The van der Waals surface area contributed by atoms with Crippen molar-refractivity contribution in [3.05, 3.63) is 114 Å². The Morgan fingerprint density at radius 1 is 0.971 bits per heavy atom. The molecule has 4 aromatic rings. The number of aromatic nitrogens is 3. The van der Waals surface area contributed by atoms with Crippen LogP contribution in [-0.4, -0.2) is 50.9 Å². The van der Waals surface area contributed by atoms with Gasteiger partial charge in [-0.1, -0.05) is 48.5 Å². The molecule has 0 aliphatic carbocycles. The smallest absolute Gasteiger partial charge is 0.271 e. The summed E-state index contributed by atoms with van der Waals surface area (Å²) in [6, 6.07) is 22.3. The SMILES string of the molecule is O=C(NCCOc1ccccc1)c1cn2c(n1)C(c1ccccc1)N(C(=O)c1cccnc1)CC2. The first kappa shape index (κ1) is 22.3. The number of carbonyl (C=O) groups excluding carboxylic acids is 2. The van der Waals surface area contributed by atoms with Gasteiger partial charge in [-0.15, -0.1) is 0 Å². The zero-order chi connectivity index (χ0) is 24.0. The molecule has 0 bridgehead atoms. The van der Waals surface area contributed by atoms with Gasteiger partial charge in [0.15, 0.2) is 0 Å². The number of nitrogens with zero attached hydrogens (tertiary/aromatic N) is 4. The Bertz CT molecular complexity index is 1290. The van der Waals surface area contributed by atoms with Crippen LogP contribution in [0.2, 0.25) is 0 Å². The van der Waals surface area contributed by atoms with Crippen molar-refractivity contribution in [2.45, 2.75) is 12.6 Å². The van der Waals surface area contributed by atoms with Gasteiger partial charge in [-0.05, 0) is 29.8 Å². The van der Waals surface area contributed by atoms with Crippen LogP contribution < -0.4 is 10.1 Å². The summed E-state index contributed by atoms with van der Waals surface area (Å²) in [4.78, 5) is 36.8. The molecule has 0 saturated carbocycles. The summed E-state index contributed by atoms with van der Waals surface area (Å²) in [5.74, 6) is 1.01. The summed E-state index contributed by atoms with van der Waals surface area (Å²) in [7, 11) is 0. The molecule has 0 spiro atoms. The van der Waals surface area contributed by atoms with Crippen LogP contribution in [-0.2, 0) is 6.54 Å². The van der Waals surface area contributed by atoms with E-state index in [1.54, 1.807) is 35.6 Å². The van der Waals surface area contributed by atoms with Crippen LogP contribution >= 0.6 is 0 Å². The fraction of sp³-hybridized carbons (Fsp3) is 0.185.